The molecule has 5 heteroatoms. The number of ether oxygens (including phenoxy) is 1. The number of alkyl halides is 1. The highest BCUT2D eigenvalue weighted by molar-refractivity contribution is 9.09. The van der Waals surface area contributed by atoms with Crippen molar-refractivity contribution in [2.24, 2.45) is 5.92 Å². The Labute approximate surface area is 120 Å². The van der Waals surface area contributed by atoms with E-state index >= 15 is 0 Å². The number of carbonyl (C=O) groups excluding carboxylic acids is 1. The van der Waals surface area contributed by atoms with Crippen molar-refractivity contribution in [1.29, 1.82) is 0 Å². The van der Waals surface area contributed by atoms with Gasteiger partial charge in [0.25, 0.3) is 5.91 Å². The maximum Gasteiger partial charge on any atom is 0.256 e. The van der Waals surface area contributed by atoms with E-state index in [9.17, 15) is 9.18 Å². The zero-order chi connectivity index (χ0) is 14.0. The summed E-state index contributed by atoms with van der Waals surface area (Å²) in [5.41, 5.74) is 0.107. The van der Waals surface area contributed by atoms with E-state index in [1.807, 2.05) is 0 Å². The number of halogens is 2. The fourth-order valence-electron chi connectivity index (χ4n) is 2.17. The van der Waals surface area contributed by atoms with Crippen LogP contribution in [0.1, 0.15) is 23.7 Å². The second kappa shape index (κ2) is 5.90. The summed E-state index contributed by atoms with van der Waals surface area (Å²) in [5.74, 6) is 0.162. The molecule has 104 valence electrons. The number of likely N-dealkylation sites (tertiary alicyclic amines) is 1. The van der Waals surface area contributed by atoms with Gasteiger partial charge in [-0.15, -0.1) is 0 Å². The molecule has 0 aliphatic carbocycles. The molecule has 0 radical (unpaired) electrons. The van der Waals surface area contributed by atoms with Crippen LogP contribution in [-0.4, -0.2) is 35.8 Å². The lowest BCUT2D eigenvalue weighted by Crippen LogP contribution is -2.43. The van der Waals surface area contributed by atoms with Gasteiger partial charge in [-0.1, -0.05) is 22.9 Å². The molecule has 1 saturated heterocycles. The molecular formula is C14H17BrFNO2. The van der Waals surface area contributed by atoms with Gasteiger partial charge in [-0.25, -0.2) is 4.39 Å². The summed E-state index contributed by atoms with van der Waals surface area (Å²) in [6, 6.07) is 4.33. The smallest absolute Gasteiger partial charge is 0.256 e. The standard InChI is InChI=1S/C14H17BrFNO2/c1-9-5-6-17(8-12(9)15)14(18)11-4-3-10(19-2)7-13(11)16/h3-4,7,9,12H,5-6,8H2,1-2H3. The van der Waals surface area contributed by atoms with Crippen LogP contribution in [0.3, 0.4) is 0 Å². The average molecular weight is 330 g/mol. The number of amides is 1. The fourth-order valence-corrected chi connectivity index (χ4v) is 2.79. The lowest BCUT2D eigenvalue weighted by Gasteiger charge is -2.34. The zero-order valence-corrected chi connectivity index (χ0v) is 12.6. The Morgan fingerprint density at radius 3 is 2.84 bits per heavy atom. The van der Waals surface area contributed by atoms with Crippen LogP contribution in [0.25, 0.3) is 0 Å². The van der Waals surface area contributed by atoms with Crippen LogP contribution in [0.2, 0.25) is 0 Å². The molecule has 0 bridgehead atoms. The Kier molecular flexibility index (Phi) is 4.45. The number of benzene rings is 1. The van der Waals surface area contributed by atoms with Crippen molar-refractivity contribution in [3.8, 4) is 5.75 Å². The number of nitrogens with zero attached hydrogens (tertiary/aromatic N) is 1. The van der Waals surface area contributed by atoms with Crippen LogP contribution in [0.4, 0.5) is 4.39 Å². The predicted octanol–water partition coefficient (Wildman–Crippen LogP) is 3.08. The first-order valence-corrected chi connectivity index (χ1v) is 7.21. The van der Waals surface area contributed by atoms with E-state index in [1.54, 1.807) is 11.0 Å². The Balaban J connectivity index is 2.16. The van der Waals surface area contributed by atoms with Crippen LogP contribution in [-0.2, 0) is 0 Å². The maximum absolute atomic E-state index is 13.9. The number of piperidine rings is 1. The minimum Gasteiger partial charge on any atom is -0.497 e. The fraction of sp³-hybridized carbons (Fsp3) is 0.500. The van der Waals surface area contributed by atoms with Crippen LogP contribution in [0.5, 0.6) is 5.75 Å². The monoisotopic (exact) mass is 329 g/mol. The Bertz CT molecular complexity index is 481. The van der Waals surface area contributed by atoms with Gasteiger partial charge < -0.3 is 9.64 Å². The number of hydrogen-bond acceptors (Lipinski definition) is 2. The molecule has 2 atom stereocenters. The van der Waals surface area contributed by atoms with Crippen LogP contribution in [0.15, 0.2) is 18.2 Å². The first-order valence-electron chi connectivity index (χ1n) is 6.29. The number of hydrogen-bond donors (Lipinski definition) is 0. The van der Waals surface area contributed by atoms with E-state index in [1.165, 1.54) is 19.2 Å². The predicted molar refractivity (Wildman–Crippen MR) is 75.4 cm³/mol. The zero-order valence-electron chi connectivity index (χ0n) is 11.0. The summed E-state index contributed by atoms with van der Waals surface area (Å²) >= 11 is 3.57. The van der Waals surface area contributed by atoms with Gasteiger partial charge in [0.15, 0.2) is 0 Å². The SMILES string of the molecule is COc1ccc(C(=O)N2CCC(C)C(Br)C2)c(F)c1. The summed E-state index contributed by atoms with van der Waals surface area (Å²) in [7, 11) is 1.47. The maximum atomic E-state index is 13.9. The molecule has 0 saturated carbocycles. The first-order chi connectivity index (χ1) is 9.02. The minimum absolute atomic E-state index is 0.107. The molecule has 1 aromatic carbocycles. The molecule has 1 aliphatic heterocycles. The van der Waals surface area contributed by atoms with E-state index in [2.05, 4.69) is 22.9 Å². The molecule has 0 spiro atoms. The molecule has 1 amide bonds. The molecule has 1 aromatic rings. The van der Waals surface area contributed by atoms with E-state index < -0.39 is 5.82 Å². The molecule has 2 rings (SSSR count). The molecular weight excluding hydrogens is 313 g/mol. The Morgan fingerprint density at radius 2 is 2.26 bits per heavy atom. The topological polar surface area (TPSA) is 29.5 Å². The van der Waals surface area contributed by atoms with Crippen molar-refractivity contribution in [3.05, 3.63) is 29.6 Å². The van der Waals surface area contributed by atoms with E-state index in [4.69, 9.17) is 4.74 Å². The second-order valence-corrected chi connectivity index (χ2v) is 6.06. The van der Waals surface area contributed by atoms with E-state index in [0.29, 0.717) is 24.8 Å². The molecule has 0 aromatic heterocycles. The third-order valence-corrected chi connectivity index (χ3v) is 4.75. The highest BCUT2D eigenvalue weighted by Gasteiger charge is 2.28. The molecule has 1 aliphatic rings. The van der Waals surface area contributed by atoms with Gasteiger partial charge >= 0.3 is 0 Å². The Morgan fingerprint density at radius 1 is 1.53 bits per heavy atom. The second-order valence-electron chi connectivity index (χ2n) is 4.88. The molecule has 19 heavy (non-hydrogen) atoms. The molecule has 1 heterocycles. The largest absolute Gasteiger partial charge is 0.497 e. The Hall–Kier alpha value is -1.10. The van der Waals surface area contributed by atoms with Gasteiger partial charge in [-0.2, -0.15) is 0 Å². The lowest BCUT2D eigenvalue weighted by molar-refractivity contribution is 0.0701. The van der Waals surface area contributed by atoms with Gasteiger partial charge in [-0.3, -0.25) is 4.79 Å². The molecule has 0 N–H and O–H groups in total. The van der Waals surface area contributed by atoms with E-state index in [0.717, 1.165) is 6.42 Å². The van der Waals surface area contributed by atoms with Crippen LogP contribution >= 0.6 is 15.9 Å². The summed E-state index contributed by atoms with van der Waals surface area (Å²) in [6.07, 6.45) is 0.930. The number of rotatable bonds is 2. The third kappa shape index (κ3) is 3.08. The third-order valence-electron chi connectivity index (χ3n) is 3.56. The molecule has 1 fully saturated rings. The highest BCUT2D eigenvalue weighted by Crippen LogP contribution is 2.25. The summed E-state index contributed by atoms with van der Waals surface area (Å²) in [4.78, 5) is 14.3. The normalized spacial score (nSPS) is 23.3. The van der Waals surface area contributed by atoms with Crippen molar-refractivity contribution in [2.45, 2.75) is 18.2 Å². The lowest BCUT2D eigenvalue weighted by atomic mass is 9.98. The summed E-state index contributed by atoms with van der Waals surface area (Å²) < 4.78 is 18.8. The minimum atomic E-state index is -0.533. The van der Waals surface area contributed by atoms with Gasteiger partial charge in [-0.05, 0) is 24.5 Å². The highest BCUT2D eigenvalue weighted by atomic mass is 79.9. The first kappa shape index (κ1) is 14.3. The molecule has 3 nitrogen and oxygen atoms in total. The van der Waals surface area contributed by atoms with Crippen molar-refractivity contribution >= 4 is 21.8 Å². The van der Waals surface area contributed by atoms with Crippen molar-refractivity contribution < 1.29 is 13.9 Å². The van der Waals surface area contributed by atoms with Gasteiger partial charge in [0.1, 0.15) is 11.6 Å². The van der Waals surface area contributed by atoms with Crippen LogP contribution < -0.4 is 4.74 Å². The van der Waals surface area contributed by atoms with Crippen LogP contribution in [0, 0.1) is 11.7 Å². The van der Waals surface area contributed by atoms with Gasteiger partial charge in [0.2, 0.25) is 0 Å². The van der Waals surface area contributed by atoms with Gasteiger partial charge in [0.05, 0.1) is 12.7 Å². The van der Waals surface area contributed by atoms with Gasteiger partial charge in [0, 0.05) is 24.0 Å². The van der Waals surface area contributed by atoms with E-state index in [-0.39, 0.29) is 16.3 Å². The quantitative estimate of drug-likeness (QED) is 0.780. The van der Waals surface area contributed by atoms with Crippen molar-refractivity contribution in [2.75, 3.05) is 20.2 Å². The number of methoxy groups -OCH3 is 1. The summed E-state index contributed by atoms with van der Waals surface area (Å²) in [6.45, 7) is 3.44. The van der Waals surface area contributed by atoms with Crippen molar-refractivity contribution in [3.63, 3.8) is 0 Å². The molecule has 2 unspecified atom stereocenters. The summed E-state index contributed by atoms with van der Waals surface area (Å²) in [5, 5.41) is 0. The van der Waals surface area contributed by atoms with Crippen molar-refractivity contribution in [1.82, 2.24) is 4.90 Å². The number of carbonyl (C=O) groups is 1. The average Bonchev–Trinajstić information content (AvgIpc) is 2.41.